The van der Waals surface area contributed by atoms with Crippen LogP contribution in [0.25, 0.3) is 0 Å². The van der Waals surface area contributed by atoms with Crippen LogP contribution in [0.1, 0.15) is 23.4 Å². The van der Waals surface area contributed by atoms with E-state index in [2.05, 4.69) is 9.72 Å². The van der Waals surface area contributed by atoms with E-state index in [4.69, 9.17) is 16.7 Å². The summed E-state index contributed by atoms with van der Waals surface area (Å²) < 4.78 is 65.7. The van der Waals surface area contributed by atoms with Crippen molar-refractivity contribution in [3.8, 4) is 5.75 Å². The van der Waals surface area contributed by atoms with Crippen molar-refractivity contribution in [3.05, 3.63) is 23.0 Å². The highest BCUT2D eigenvalue weighted by Crippen LogP contribution is 2.36. The van der Waals surface area contributed by atoms with Crippen molar-refractivity contribution in [2.75, 3.05) is 0 Å². The molecule has 1 rings (SSSR count). The highest BCUT2D eigenvalue weighted by molar-refractivity contribution is 6.16. The Kier molecular flexibility index (Phi) is 5.09. The molecule has 0 aliphatic heterocycles. The number of carboxylic acids is 1. The molecular formula is C10H7ClF5NO3. The Morgan fingerprint density at radius 1 is 1.45 bits per heavy atom. The van der Waals surface area contributed by atoms with E-state index < -0.39 is 42.2 Å². The monoisotopic (exact) mass is 319 g/mol. The van der Waals surface area contributed by atoms with E-state index in [1.807, 2.05) is 0 Å². The predicted octanol–water partition coefficient (Wildman–Crippen LogP) is 3.28. The zero-order valence-corrected chi connectivity index (χ0v) is 10.3. The number of carbonyl (C=O) groups is 1. The maximum atomic E-state index is 12.8. The molecule has 4 nitrogen and oxygen atoms in total. The number of aromatic nitrogens is 1. The summed E-state index contributed by atoms with van der Waals surface area (Å²) in [6.07, 6.45) is -9.55. The van der Waals surface area contributed by atoms with Gasteiger partial charge >= 0.3 is 12.3 Å². The maximum Gasteiger partial charge on any atom is 0.573 e. The van der Waals surface area contributed by atoms with Crippen LogP contribution >= 0.6 is 11.6 Å². The number of rotatable bonds is 5. The third-order valence-corrected chi connectivity index (χ3v) is 2.31. The molecule has 0 fully saturated rings. The lowest BCUT2D eigenvalue weighted by Crippen LogP contribution is -2.21. The Morgan fingerprint density at radius 3 is 2.45 bits per heavy atom. The van der Waals surface area contributed by atoms with Gasteiger partial charge < -0.3 is 9.84 Å². The normalized spacial score (nSPS) is 11.8. The minimum absolute atomic E-state index is 0.173. The Balaban J connectivity index is 3.42. The molecule has 0 saturated carbocycles. The molecule has 0 unspecified atom stereocenters. The molecule has 112 valence electrons. The van der Waals surface area contributed by atoms with Crippen molar-refractivity contribution in [1.82, 2.24) is 4.98 Å². The van der Waals surface area contributed by atoms with Crippen LogP contribution in [0, 0.1) is 0 Å². The Hall–Kier alpha value is -1.64. The molecule has 0 bridgehead atoms. The summed E-state index contributed by atoms with van der Waals surface area (Å²) >= 11 is 5.38. The van der Waals surface area contributed by atoms with Gasteiger partial charge in [-0.3, -0.25) is 9.78 Å². The number of hydrogen-bond donors (Lipinski definition) is 1. The van der Waals surface area contributed by atoms with Crippen LogP contribution in [0.2, 0.25) is 0 Å². The molecule has 1 N–H and O–H groups in total. The van der Waals surface area contributed by atoms with Gasteiger partial charge in [-0.15, -0.1) is 24.8 Å². The van der Waals surface area contributed by atoms with Gasteiger partial charge in [0.15, 0.2) is 5.75 Å². The maximum absolute atomic E-state index is 12.8. The second kappa shape index (κ2) is 6.21. The van der Waals surface area contributed by atoms with Crippen LogP contribution in [0.4, 0.5) is 22.0 Å². The second-order valence-corrected chi connectivity index (χ2v) is 3.80. The van der Waals surface area contributed by atoms with Crippen molar-refractivity contribution < 1.29 is 36.6 Å². The van der Waals surface area contributed by atoms with Gasteiger partial charge in [-0.05, 0) is 6.07 Å². The van der Waals surface area contributed by atoms with Crippen molar-refractivity contribution >= 4 is 17.6 Å². The molecule has 1 heterocycles. The number of halogens is 6. The van der Waals surface area contributed by atoms with Crippen molar-refractivity contribution in [1.29, 1.82) is 0 Å². The van der Waals surface area contributed by atoms with E-state index in [0.717, 1.165) is 0 Å². The molecule has 0 amide bonds. The summed E-state index contributed by atoms with van der Waals surface area (Å²) in [7, 11) is 0. The molecule has 0 radical (unpaired) electrons. The van der Waals surface area contributed by atoms with E-state index in [1.54, 1.807) is 0 Å². The lowest BCUT2D eigenvalue weighted by molar-refractivity contribution is -0.275. The van der Waals surface area contributed by atoms with Gasteiger partial charge in [-0.25, -0.2) is 8.78 Å². The highest BCUT2D eigenvalue weighted by atomic mass is 35.5. The Bertz CT molecular complexity index is 506. The molecule has 10 heteroatoms. The average Bonchev–Trinajstić information content (AvgIpc) is 2.28. The number of pyridine rings is 1. The van der Waals surface area contributed by atoms with Crippen LogP contribution in [-0.2, 0) is 17.1 Å². The lowest BCUT2D eigenvalue weighted by atomic mass is 10.1. The minimum Gasteiger partial charge on any atom is -0.481 e. The molecule has 0 aliphatic carbocycles. The topological polar surface area (TPSA) is 59.4 Å². The van der Waals surface area contributed by atoms with Gasteiger partial charge in [0, 0.05) is 0 Å². The van der Waals surface area contributed by atoms with E-state index in [-0.39, 0.29) is 11.6 Å². The van der Waals surface area contributed by atoms with Crippen LogP contribution < -0.4 is 4.74 Å². The first kappa shape index (κ1) is 16.4. The van der Waals surface area contributed by atoms with E-state index in [1.165, 1.54) is 0 Å². The number of nitrogens with zero attached hydrogens (tertiary/aromatic N) is 1. The molecule has 0 aliphatic rings. The fraction of sp³-hybridized carbons (Fsp3) is 0.400. The molecule has 1 aromatic rings. The third kappa shape index (κ3) is 4.48. The van der Waals surface area contributed by atoms with Gasteiger partial charge in [-0.1, -0.05) is 0 Å². The number of carboxylic acid groups (broad SMARTS) is 1. The summed E-state index contributed by atoms with van der Waals surface area (Å²) in [5.41, 5.74) is -2.04. The molecule has 0 aromatic carbocycles. The summed E-state index contributed by atoms with van der Waals surface area (Å²) in [5, 5.41) is 8.59. The second-order valence-electron chi connectivity index (χ2n) is 3.53. The summed E-state index contributed by atoms with van der Waals surface area (Å²) in [5.74, 6) is -3.21. The molecule has 0 saturated heterocycles. The van der Waals surface area contributed by atoms with Crippen LogP contribution in [0.15, 0.2) is 6.07 Å². The zero-order chi connectivity index (χ0) is 15.5. The molecular weight excluding hydrogens is 313 g/mol. The number of hydrogen-bond acceptors (Lipinski definition) is 3. The number of ether oxygens (including phenoxy) is 1. The van der Waals surface area contributed by atoms with Gasteiger partial charge in [0.05, 0.1) is 29.3 Å². The molecule has 1 aromatic heterocycles. The van der Waals surface area contributed by atoms with Crippen LogP contribution in [0.3, 0.4) is 0 Å². The van der Waals surface area contributed by atoms with Gasteiger partial charge in [-0.2, -0.15) is 0 Å². The van der Waals surface area contributed by atoms with E-state index in [9.17, 15) is 26.7 Å². The summed E-state index contributed by atoms with van der Waals surface area (Å²) in [6, 6.07) is 0.643. The first-order chi connectivity index (χ1) is 9.14. The largest absolute Gasteiger partial charge is 0.573 e. The predicted molar refractivity (Wildman–Crippen MR) is 56.8 cm³/mol. The quantitative estimate of drug-likeness (QED) is 0.668. The number of alkyl halides is 6. The van der Waals surface area contributed by atoms with Gasteiger partial charge in [0.2, 0.25) is 0 Å². The fourth-order valence-corrected chi connectivity index (χ4v) is 1.53. The first-order valence-electron chi connectivity index (χ1n) is 4.98. The minimum atomic E-state index is -5.25. The van der Waals surface area contributed by atoms with Crippen LogP contribution in [0.5, 0.6) is 5.75 Å². The first-order valence-corrected chi connectivity index (χ1v) is 5.52. The summed E-state index contributed by atoms with van der Waals surface area (Å²) in [4.78, 5) is 14.1. The lowest BCUT2D eigenvalue weighted by Gasteiger charge is -2.16. The smallest absolute Gasteiger partial charge is 0.481 e. The molecule has 20 heavy (non-hydrogen) atoms. The van der Waals surface area contributed by atoms with E-state index in [0.29, 0.717) is 6.07 Å². The van der Waals surface area contributed by atoms with Gasteiger partial charge in [0.25, 0.3) is 6.43 Å². The Morgan fingerprint density at radius 2 is 2.05 bits per heavy atom. The van der Waals surface area contributed by atoms with Crippen molar-refractivity contribution in [2.45, 2.75) is 25.1 Å². The van der Waals surface area contributed by atoms with Gasteiger partial charge in [0.1, 0.15) is 0 Å². The summed E-state index contributed by atoms with van der Waals surface area (Å²) in [6.45, 7) is 0. The van der Waals surface area contributed by atoms with Crippen molar-refractivity contribution in [2.24, 2.45) is 0 Å². The highest BCUT2D eigenvalue weighted by Gasteiger charge is 2.35. The molecule has 0 atom stereocenters. The van der Waals surface area contributed by atoms with Crippen LogP contribution in [-0.4, -0.2) is 22.4 Å². The average molecular weight is 320 g/mol. The van der Waals surface area contributed by atoms with E-state index >= 15 is 0 Å². The third-order valence-electron chi connectivity index (χ3n) is 2.03. The zero-order valence-electron chi connectivity index (χ0n) is 9.55. The van der Waals surface area contributed by atoms with Crippen molar-refractivity contribution in [3.63, 3.8) is 0 Å². The number of aliphatic carboxylic acids is 1. The Labute approximate surface area is 114 Å². The fourth-order valence-electron chi connectivity index (χ4n) is 1.40. The SMILES string of the molecule is O=C(O)Cc1nc(CCl)cc(C(F)F)c1OC(F)(F)F. The molecule has 0 spiro atoms. The standard InChI is InChI=1S/C10H7ClF5NO3/c11-3-4-1-5(9(12)13)8(20-10(14,15)16)6(17-4)2-7(18)19/h1,9H,2-3H2,(H,18,19).